The molecule has 0 aromatic heterocycles. The smallest absolute Gasteiger partial charge is 0.220 e. The van der Waals surface area contributed by atoms with E-state index in [1.54, 1.807) is 0 Å². The highest BCUT2D eigenvalue weighted by Gasteiger charge is 2.39. The molecule has 0 bridgehead atoms. The summed E-state index contributed by atoms with van der Waals surface area (Å²) >= 11 is 0. The number of morpholine rings is 1. The normalized spacial score (nSPS) is 24.0. The van der Waals surface area contributed by atoms with Crippen LogP contribution >= 0.6 is 0 Å². The second-order valence-electron chi connectivity index (χ2n) is 6.94. The first-order chi connectivity index (χ1) is 12.6. The number of hydrogen-bond acceptors (Lipinski definition) is 5. The van der Waals surface area contributed by atoms with Crippen molar-refractivity contribution in [2.75, 3.05) is 26.7 Å². The van der Waals surface area contributed by atoms with E-state index in [4.69, 9.17) is 11.2 Å². The molecular weight excluding hydrogens is 328 g/mol. The van der Waals surface area contributed by atoms with E-state index in [0.717, 1.165) is 13.0 Å². The summed E-state index contributed by atoms with van der Waals surface area (Å²) in [7, 11) is 2.10. The summed E-state index contributed by atoms with van der Waals surface area (Å²) in [6.45, 7) is 2.05. The lowest BCUT2D eigenvalue weighted by molar-refractivity contribution is -0.123. The topological polar surface area (TPSA) is 66.3 Å². The number of carbonyl (C=O) groups excluding carboxylic acids is 1. The number of ether oxygens (including phenoxy) is 1. The molecule has 0 radical (unpaired) electrons. The Bertz CT molecular complexity index is 677. The van der Waals surface area contributed by atoms with Gasteiger partial charge in [-0.1, -0.05) is 30.3 Å². The molecule has 0 unspecified atom stereocenters. The monoisotopic (exact) mass is 354 g/mol. The van der Waals surface area contributed by atoms with Gasteiger partial charge in [0.2, 0.25) is 5.91 Å². The Hall–Kier alpha value is -2.23. The van der Waals surface area contributed by atoms with Crippen molar-refractivity contribution in [3.8, 4) is 12.3 Å². The minimum Gasteiger partial charge on any atom is -0.373 e. The van der Waals surface area contributed by atoms with Crippen LogP contribution in [0.5, 0.6) is 0 Å². The second-order valence-corrected chi connectivity index (χ2v) is 6.94. The summed E-state index contributed by atoms with van der Waals surface area (Å²) in [6, 6.07) is 10.4. The molecule has 1 aromatic rings. The second kappa shape index (κ2) is 8.43. The lowest BCUT2D eigenvalue weighted by Crippen LogP contribution is -2.48. The summed E-state index contributed by atoms with van der Waals surface area (Å²) < 4.78 is 5.96. The predicted octanol–water partition coefficient (Wildman–Crippen LogP) is 2.53. The SMILES string of the molecule is C#CCCC1(CCC(=O)NC[C@@H]2OCCN(C)[C@H]2c2ccccc2)N=N1. The predicted molar refractivity (Wildman–Crippen MR) is 99.5 cm³/mol. The Morgan fingerprint density at radius 2 is 2.15 bits per heavy atom. The lowest BCUT2D eigenvalue weighted by atomic mass is 9.98. The molecule has 1 aromatic carbocycles. The summed E-state index contributed by atoms with van der Waals surface area (Å²) in [5.74, 6) is 2.61. The average Bonchev–Trinajstić information content (AvgIpc) is 3.44. The van der Waals surface area contributed by atoms with Gasteiger partial charge in [-0.2, -0.15) is 10.2 Å². The van der Waals surface area contributed by atoms with Gasteiger partial charge in [-0.15, -0.1) is 12.3 Å². The van der Waals surface area contributed by atoms with Crippen LogP contribution in [-0.2, 0) is 9.53 Å². The van der Waals surface area contributed by atoms with Crippen molar-refractivity contribution in [3.63, 3.8) is 0 Å². The zero-order chi connectivity index (χ0) is 18.4. The van der Waals surface area contributed by atoms with Gasteiger partial charge in [0.1, 0.15) is 0 Å². The van der Waals surface area contributed by atoms with Crippen LogP contribution in [0.3, 0.4) is 0 Å². The summed E-state index contributed by atoms with van der Waals surface area (Å²) in [6.07, 6.45) is 7.61. The molecule has 2 heterocycles. The van der Waals surface area contributed by atoms with Crippen LogP contribution in [0.1, 0.15) is 37.3 Å². The van der Waals surface area contributed by atoms with Crippen molar-refractivity contribution >= 4 is 5.91 Å². The Labute approximate surface area is 155 Å². The van der Waals surface area contributed by atoms with Gasteiger partial charge in [-0.05, 0) is 12.6 Å². The molecule has 2 atom stereocenters. The standard InChI is InChI=1S/C20H26N4O2/c1-3-4-11-20(22-23-20)12-10-18(25)21-15-17-19(24(2)13-14-26-17)16-8-6-5-7-9-16/h1,5-9,17,19H,4,10-15H2,2H3,(H,21,25)/t17-,19-/m0/s1. The van der Waals surface area contributed by atoms with Gasteiger partial charge in [-0.25, -0.2) is 0 Å². The van der Waals surface area contributed by atoms with Crippen LogP contribution < -0.4 is 5.32 Å². The molecule has 0 aliphatic carbocycles. The molecule has 138 valence electrons. The number of rotatable bonds is 8. The number of nitrogens with zero attached hydrogens (tertiary/aromatic N) is 3. The van der Waals surface area contributed by atoms with Crippen LogP contribution in [0.2, 0.25) is 0 Å². The van der Waals surface area contributed by atoms with Gasteiger partial charge in [-0.3, -0.25) is 9.69 Å². The average molecular weight is 354 g/mol. The van der Waals surface area contributed by atoms with Crippen LogP contribution in [0, 0.1) is 12.3 Å². The molecule has 1 fully saturated rings. The third kappa shape index (κ3) is 4.69. The maximum absolute atomic E-state index is 12.3. The van der Waals surface area contributed by atoms with Gasteiger partial charge in [0, 0.05) is 38.8 Å². The highest BCUT2D eigenvalue weighted by molar-refractivity contribution is 5.76. The number of benzene rings is 1. The molecule has 0 spiro atoms. The van der Waals surface area contributed by atoms with E-state index in [-0.39, 0.29) is 18.1 Å². The maximum Gasteiger partial charge on any atom is 0.220 e. The zero-order valence-corrected chi connectivity index (χ0v) is 15.2. The molecular formula is C20H26N4O2. The summed E-state index contributed by atoms with van der Waals surface area (Å²) in [5.41, 5.74) is 0.801. The van der Waals surface area contributed by atoms with Crippen LogP contribution in [0.25, 0.3) is 0 Å². The molecule has 26 heavy (non-hydrogen) atoms. The van der Waals surface area contributed by atoms with Crippen LogP contribution in [0.15, 0.2) is 40.6 Å². The van der Waals surface area contributed by atoms with E-state index < -0.39 is 5.66 Å². The van der Waals surface area contributed by atoms with E-state index >= 15 is 0 Å². The minimum absolute atomic E-state index is 0.00557. The van der Waals surface area contributed by atoms with Crippen molar-refractivity contribution in [2.24, 2.45) is 10.2 Å². The minimum atomic E-state index is -0.405. The largest absolute Gasteiger partial charge is 0.373 e. The highest BCUT2D eigenvalue weighted by Crippen LogP contribution is 2.37. The van der Waals surface area contributed by atoms with Crippen molar-refractivity contribution in [1.82, 2.24) is 10.2 Å². The number of hydrogen-bond donors (Lipinski definition) is 1. The van der Waals surface area contributed by atoms with E-state index in [1.807, 2.05) is 18.2 Å². The molecule has 1 amide bonds. The summed E-state index contributed by atoms with van der Waals surface area (Å²) in [5, 5.41) is 11.2. The van der Waals surface area contributed by atoms with Gasteiger partial charge in [0.05, 0.1) is 18.8 Å². The first-order valence-electron chi connectivity index (χ1n) is 9.14. The fourth-order valence-electron chi connectivity index (χ4n) is 3.44. The molecule has 1 saturated heterocycles. The van der Waals surface area contributed by atoms with E-state index in [1.165, 1.54) is 5.56 Å². The molecule has 6 nitrogen and oxygen atoms in total. The van der Waals surface area contributed by atoms with E-state index in [9.17, 15) is 4.79 Å². The molecule has 0 saturated carbocycles. The third-order valence-electron chi connectivity index (χ3n) is 5.05. The Morgan fingerprint density at radius 3 is 2.85 bits per heavy atom. The highest BCUT2D eigenvalue weighted by atomic mass is 16.5. The first-order valence-corrected chi connectivity index (χ1v) is 9.14. The van der Waals surface area contributed by atoms with Gasteiger partial charge < -0.3 is 10.1 Å². The molecule has 3 rings (SSSR count). The van der Waals surface area contributed by atoms with Gasteiger partial charge >= 0.3 is 0 Å². The molecule has 1 N–H and O–H groups in total. The fourth-order valence-corrected chi connectivity index (χ4v) is 3.44. The number of terminal acetylenes is 1. The Balaban J connectivity index is 1.49. The maximum atomic E-state index is 12.3. The van der Waals surface area contributed by atoms with Crippen molar-refractivity contribution in [3.05, 3.63) is 35.9 Å². The molecule has 6 heteroatoms. The van der Waals surface area contributed by atoms with Crippen molar-refractivity contribution in [1.29, 1.82) is 0 Å². The van der Waals surface area contributed by atoms with Crippen LogP contribution in [0.4, 0.5) is 0 Å². The summed E-state index contributed by atoms with van der Waals surface area (Å²) in [4.78, 5) is 14.5. The fraction of sp³-hybridized carbons (Fsp3) is 0.550. The van der Waals surface area contributed by atoms with Gasteiger partial charge in [0.15, 0.2) is 5.66 Å². The molecule has 2 aliphatic rings. The first kappa shape index (κ1) is 18.6. The van der Waals surface area contributed by atoms with Crippen molar-refractivity contribution in [2.45, 2.75) is 43.5 Å². The number of likely N-dealkylation sites (N-methyl/N-ethyl adjacent to an activating group) is 1. The number of carbonyl (C=O) groups is 1. The quantitative estimate of drug-likeness (QED) is 0.730. The number of amides is 1. The van der Waals surface area contributed by atoms with Gasteiger partial charge in [0.25, 0.3) is 0 Å². The Kier molecular flexibility index (Phi) is 6.02. The van der Waals surface area contributed by atoms with Crippen LogP contribution in [-0.4, -0.2) is 49.3 Å². The molecule has 2 aliphatic heterocycles. The zero-order valence-electron chi connectivity index (χ0n) is 15.2. The number of nitrogens with one attached hydrogen (secondary N) is 1. The third-order valence-corrected chi connectivity index (χ3v) is 5.05. The van der Waals surface area contributed by atoms with Crippen molar-refractivity contribution < 1.29 is 9.53 Å². The Morgan fingerprint density at radius 1 is 1.38 bits per heavy atom. The van der Waals surface area contributed by atoms with E-state index in [0.29, 0.717) is 32.4 Å². The lowest BCUT2D eigenvalue weighted by Gasteiger charge is -2.39. The van der Waals surface area contributed by atoms with E-state index in [2.05, 4.69) is 45.5 Å².